The van der Waals surface area contributed by atoms with Gasteiger partial charge in [-0.3, -0.25) is 4.79 Å². The fourth-order valence-electron chi connectivity index (χ4n) is 2.55. The summed E-state index contributed by atoms with van der Waals surface area (Å²) in [6, 6.07) is 15.6. The average molecular weight is 351 g/mol. The van der Waals surface area contributed by atoms with E-state index in [4.69, 9.17) is 9.15 Å². The normalized spacial score (nSPS) is 10.5. The fourth-order valence-corrected chi connectivity index (χ4v) is 2.55. The van der Waals surface area contributed by atoms with E-state index in [1.165, 1.54) is 6.07 Å². The number of para-hydroxylation sites is 2. The van der Waals surface area contributed by atoms with Crippen molar-refractivity contribution in [3.63, 3.8) is 0 Å². The molecule has 1 heterocycles. The summed E-state index contributed by atoms with van der Waals surface area (Å²) in [5.41, 5.74) is 0.975. The molecule has 0 fully saturated rings. The Hall–Kier alpha value is -3.41. The number of fused-ring (bicyclic) bond motifs is 1. The van der Waals surface area contributed by atoms with Crippen molar-refractivity contribution < 1.29 is 18.7 Å². The molecule has 3 aromatic rings. The second kappa shape index (κ2) is 7.65. The summed E-state index contributed by atoms with van der Waals surface area (Å²) in [5, 5.41) is 3.29. The van der Waals surface area contributed by atoms with Crippen molar-refractivity contribution in [2.45, 2.75) is 13.3 Å². The number of hydrogen-bond donors (Lipinski definition) is 1. The van der Waals surface area contributed by atoms with Gasteiger partial charge < -0.3 is 14.5 Å². The molecule has 0 aliphatic heterocycles. The first kappa shape index (κ1) is 17.4. The van der Waals surface area contributed by atoms with E-state index < -0.39 is 24.1 Å². The van der Waals surface area contributed by atoms with E-state index in [0.717, 1.165) is 12.0 Å². The zero-order valence-electron chi connectivity index (χ0n) is 14.2. The molecule has 1 N–H and O–H groups in total. The number of nitrogens with one attached hydrogen (secondary N) is 1. The highest BCUT2D eigenvalue weighted by molar-refractivity contribution is 5.97. The van der Waals surface area contributed by atoms with Crippen LogP contribution in [0, 0.1) is 0 Å². The molecule has 0 aliphatic rings. The van der Waals surface area contributed by atoms with Gasteiger partial charge in [-0.15, -0.1) is 0 Å². The SMILES string of the molecule is CCc1ccccc1NC(=O)COC(=O)c1cc2ccccc2oc1=O. The molecule has 132 valence electrons. The van der Waals surface area contributed by atoms with E-state index in [2.05, 4.69) is 5.32 Å². The van der Waals surface area contributed by atoms with E-state index in [1.54, 1.807) is 36.4 Å². The van der Waals surface area contributed by atoms with Crippen LogP contribution in [0.2, 0.25) is 0 Å². The van der Waals surface area contributed by atoms with Crippen LogP contribution in [0.3, 0.4) is 0 Å². The van der Waals surface area contributed by atoms with Crippen molar-refractivity contribution in [2.24, 2.45) is 0 Å². The number of esters is 1. The van der Waals surface area contributed by atoms with Crippen molar-refractivity contribution in [2.75, 3.05) is 11.9 Å². The summed E-state index contributed by atoms with van der Waals surface area (Å²) >= 11 is 0. The number of anilines is 1. The quantitative estimate of drug-likeness (QED) is 0.564. The number of rotatable bonds is 5. The third-order valence-corrected chi connectivity index (χ3v) is 3.87. The minimum Gasteiger partial charge on any atom is -0.452 e. The molecule has 1 amide bonds. The Morgan fingerprint density at radius 3 is 2.62 bits per heavy atom. The summed E-state index contributed by atoms with van der Waals surface area (Å²) < 4.78 is 10.0. The summed E-state index contributed by atoms with van der Waals surface area (Å²) in [5.74, 6) is -1.38. The first-order valence-corrected chi connectivity index (χ1v) is 8.16. The molecule has 0 saturated carbocycles. The first-order valence-electron chi connectivity index (χ1n) is 8.16. The maximum atomic E-state index is 12.1. The molecule has 0 aliphatic carbocycles. The lowest BCUT2D eigenvalue weighted by atomic mass is 10.1. The van der Waals surface area contributed by atoms with Gasteiger partial charge >= 0.3 is 11.6 Å². The van der Waals surface area contributed by atoms with Crippen LogP contribution in [0.1, 0.15) is 22.8 Å². The standard InChI is InChI=1S/C20H17NO5/c1-2-13-7-3-5-9-16(13)21-18(22)12-25-19(23)15-11-14-8-4-6-10-17(14)26-20(15)24/h3-11H,2,12H2,1H3,(H,21,22). The molecule has 6 heteroatoms. The van der Waals surface area contributed by atoms with Crippen LogP contribution in [0.4, 0.5) is 5.69 Å². The Balaban J connectivity index is 1.68. The zero-order chi connectivity index (χ0) is 18.5. The first-order chi connectivity index (χ1) is 12.6. The van der Waals surface area contributed by atoms with E-state index in [1.807, 2.05) is 19.1 Å². The average Bonchev–Trinajstić information content (AvgIpc) is 2.66. The largest absolute Gasteiger partial charge is 0.452 e. The Morgan fingerprint density at radius 1 is 1.08 bits per heavy atom. The Labute approximate surface area is 149 Å². The monoisotopic (exact) mass is 351 g/mol. The van der Waals surface area contributed by atoms with Crippen LogP contribution in [-0.4, -0.2) is 18.5 Å². The van der Waals surface area contributed by atoms with Gasteiger partial charge in [0, 0.05) is 11.1 Å². The van der Waals surface area contributed by atoms with Gasteiger partial charge in [0.2, 0.25) is 0 Å². The van der Waals surface area contributed by atoms with Crippen LogP contribution < -0.4 is 10.9 Å². The lowest BCUT2D eigenvalue weighted by Crippen LogP contribution is -2.24. The maximum absolute atomic E-state index is 12.1. The fraction of sp³-hybridized carbons (Fsp3) is 0.150. The van der Waals surface area contributed by atoms with Crippen LogP contribution in [0.15, 0.2) is 63.8 Å². The topological polar surface area (TPSA) is 85.6 Å². The van der Waals surface area contributed by atoms with Gasteiger partial charge in [0.25, 0.3) is 5.91 Å². The highest BCUT2D eigenvalue weighted by atomic mass is 16.5. The minimum atomic E-state index is -0.900. The van der Waals surface area contributed by atoms with Gasteiger partial charge in [0.05, 0.1) is 0 Å². The van der Waals surface area contributed by atoms with Crippen molar-refractivity contribution in [3.05, 3.63) is 76.1 Å². The molecular weight excluding hydrogens is 334 g/mol. The Bertz CT molecular complexity index is 1020. The molecule has 3 rings (SSSR count). The molecule has 0 unspecified atom stereocenters. The Morgan fingerprint density at radius 2 is 1.81 bits per heavy atom. The number of aryl methyl sites for hydroxylation is 1. The lowest BCUT2D eigenvalue weighted by Gasteiger charge is -2.10. The van der Waals surface area contributed by atoms with E-state index in [-0.39, 0.29) is 5.56 Å². The van der Waals surface area contributed by atoms with Crippen LogP contribution in [0.5, 0.6) is 0 Å². The predicted octanol–water partition coefficient (Wildman–Crippen LogP) is 3.15. The minimum absolute atomic E-state index is 0.245. The van der Waals surface area contributed by atoms with Gasteiger partial charge in [-0.25, -0.2) is 9.59 Å². The number of carbonyl (C=O) groups excluding carboxylic acids is 2. The van der Waals surface area contributed by atoms with Crippen LogP contribution in [-0.2, 0) is 16.0 Å². The second-order valence-corrected chi connectivity index (χ2v) is 5.62. The summed E-state index contributed by atoms with van der Waals surface area (Å²) in [6.07, 6.45) is 0.758. The molecule has 0 saturated heterocycles. The second-order valence-electron chi connectivity index (χ2n) is 5.62. The van der Waals surface area contributed by atoms with E-state index in [0.29, 0.717) is 16.7 Å². The number of carbonyl (C=O) groups is 2. The number of ether oxygens (including phenoxy) is 1. The molecule has 0 spiro atoms. The summed E-state index contributed by atoms with van der Waals surface area (Å²) in [7, 11) is 0. The molecular formula is C20H17NO5. The lowest BCUT2D eigenvalue weighted by molar-refractivity contribution is -0.119. The third kappa shape index (κ3) is 3.80. The maximum Gasteiger partial charge on any atom is 0.351 e. The van der Waals surface area contributed by atoms with Crippen molar-refractivity contribution >= 4 is 28.5 Å². The smallest absolute Gasteiger partial charge is 0.351 e. The van der Waals surface area contributed by atoms with Gasteiger partial charge in [-0.1, -0.05) is 43.3 Å². The predicted molar refractivity (Wildman–Crippen MR) is 97.2 cm³/mol. The molecule has 2 aromatic carbocycles. The Kier molecular flexibility index (Phi) is 5.12. The third-order valence-electron chi connectivity index (χ3n) is 3.87. The number of hydrogen-bond acceptors (Lipinski definition) is 5. The van der Waals surface area contributed by atoms with Gasteiger partial charge in [-0.2, -0.15) is 0 Å². The summed E-state index contributed by atoms with van der Waals surface area (Å²) in [4.78, 5) is 36.1. The molecule has 0 bridgehead atoms. The summed E-state index contributed by atoms with van der Waals surface area (Å²) in [6.45, 7) is 1.48. The van der Waals surface area contributed by atoms with Crippen LogP contribution in [0.25, 0.3) is 11.0 Å². The highest BCUT2D eigenvalue weighted by Gasteiger charge is 2.17. The van der Waals surface area contributed by atoms with E-state index in [9.17, 15) is 14.4 Å². The van der Waals surface area contributed by atoms with E-state index >= 15 is 0 Å². The molecule has 6 nitrogen and oxygen atoms in total. The van der Waals surface area contributed by atoms with Crippen molar-refractivity contribution in [1.82, 2.24) is 0 Å². The molecule has 26 heavy (non-hydrogen) atoms. The van der Waals surface area contributed by atoms with Gasteiger partial charge in [0.15, 0.2) is 6.61 Å². The van der Waals surface area contributed by atoms with Gasteiger partial charge in [-0.05, 0) is 30.2 Å². The van der Waals surface area contributed by atoms with Crippen LogP contribution >= 0.6 is 0 Å². The zero-order valence-corrected chi connectivity index (χ0v) is 14.2. The highest BCUT2D eigenvalue weighted by Crippen LogP contribution is 2.15. The van der Waals surface area contributed by atoms with Gasteiger partial charge in [0.1, 0.15) is 11.1 Å². The van der Waals surface area contributed by atoms with Crippen molar-refractivity contribution in [1.29, 1.82) is 0 Å². The molecule has 0 atom stereocenters. The van der Waals surface area contributed by atoms with Crippen molar-refractivity contribution in [3.8, 4) is 0 Å². The number of amides is 1. The molecule has 1 aromatic heterocycles. The number of benzene rings is 2. The molecule has 0 radical (unpaired) electrons.